The summed E-state index contributed by atoms with van der Waals surface area (Å²) in [5.41, 5.74) is 2.25. The molecule has 1 amide bonds. The number of likely N-dealkylation sites (tertiary alicyclic amines) is 1. The largest absolute Gasteiger partial charge is 0.325 e. The minimum absolute atomic E-state index is 0.0697. The maximum atomic E-state index is 12.2. The van der Waals surface area contributed by atoms with E-state index in [4.69, 9.17) is 0 Å². The van der Waals surface area contributed by atoms with E-state index in [0.717, 1.165) is 38.2 Å². The topological polar surface area (TPSA) is 44.4 Å². The van der Waals surface area contributed by atoms with E-state index in [-0.39, 0.29) is 5.91 Å². The fourth-order valence-corrected chi connectivity index (χ4v) is 3.46. The van der Waals surface area contributed by atoms with Crippen molar-refractivity contribution in [3.63, 3.8) is 0 Å². The number of nitrogens with zero attached hydrogens (tertiary/aromatic N) is 1. The number of anilines is 1. The summed E-state index contributed by atoms with van der Waals surface area (Å²) in [6.07, 6.45) is 2.19. The first-order valence-corrected chi connectivity index (χ1v) is 9.56. The molecule has 0 aromatic heterocycles. The average molecular weight is 351 g/mol. The van der Waals surface area contributed by atoms with Crippen molar-refractivity contribution in [2.75, 3.05) is 31.5 Å². The summed E-state index contributed by atoms with van der Waals surface area (Å²) in [5.74, 6) is 0.589. The molecule has 1 unspecified atom stereocenters. The minimum atomic E-state index is 0.0697. The molecule has 138 valence electrons. The standard InChI is InChI=1S/C22H29N3O/c1-18(19-8-4-2-5-9-19)16-23-20-12-14-25(15-13-20)17-22(26)24-21-10-6-3-7-11-21/h2-11,18,20,23H,12-17H2,1H3,(H,24,26). The predicted molar refractivity (Wildman–Crippen MR) is 107 cm³/mol. The number of carbonyl (C=O) groups is 1. The van der Waals surface area contributed by atoms with Crippen LogP contribution in [-0.2, 0) is 4.79 Å². The van der Waals surface area contributed by atoms with Crippen LogP contribution in [0.5, 0.6) is 0 Å². The molecule has 4 heteroatoms. The Morgan fingerprint density at radius 2 is 1.65 bits per heavy atom. The van der Waals surface area contributed by atoms with Crippen LogP contribution in [0.1, 0.15) is 31.2 Å². The van der Waals surface area contributed by atoms with Crippen LogP contribution in [0.25, 0.3) is 0 Å². The summed E-state index contributed by atoms with van der Waals surface area (Å²) in [5, 5.41) is 6.67. The van der Waals surface area contributed by atoms with Gasteiger partial charge in [0.05, 0.1) is 6.54 Å². The third kappa shape index (κ3) is 5.68. The number of piperidine rings is 1. The van der Waals surface area contributed by atoms with E-state index in [1.54, 1.807) is 0 Å². The summed E-state index contributed by atoms with van der Waals surface area (Å²) < 4.78 is 0. The van der Waals surface area contributed by atoms with Gasteiger partial charge in [-0.3, -0.25) is 9.69 Å². The van der Waals surface area contributed by atoms with Crippen LogP contribution in [-0.4, -0.2) is 43.0 Å². The molecule has 2 aromatic rings. The van der Waals surface area contributed by atoms with Crippen molar-refractivity contribution in [1.29, 1.82) is 0 Å². The molecule has 1 heterocycles. The number of nitrogens with one attached hydrogen (secondary N) is 2. The van der Waals surface area contributed by atoms with Crippen molar-refractivity contribution in [1.82, 2.24) is 10.2 Å². The fraction of sp³-hybridized carbons (Fsp3) is 0.409. The maximum Gasteiger partial charge on any atom is 0.238 e. The van der Waals surface area contributed by atoms with E-state index in [0.29, 0.717) is 18.5 Å². The number of carbonyl (C=O) groups excluding carboxylic acids is 1. The van der Waals surface area contributed by atoms with E-state index >= 15 is 0 Å². The SMILES string of the molecule is CC(CNC1CCN(CC(=O)Nc2ccccc2)CC1)c1ccccc1. The first-order valence-electron chi connectivity index (χ1n) is 9.56. The number of hydrogen-bond donors (Lipinski definition) is 2. The monoisotopic (exact) mass is 351 g/mol. The lowest BCUT2D eigenvalue weighted by Gasteiger charge is -2.32. The second-order valence-electron chi connectivity index (χ2n) is 7.18. The third-order valence-electron chi connectivity index (χ3n) is 5.09. The van der Waals surface area contributed by atoms with Crippen LogP contribution in [0, 0.1) is 0 Å². The summed E-state index contributed by atoms with van der Waals surface area (Å²) in [4.78, 5) is 14.4. The summed E-state index contributed by atoms with van der Waals surface area (Å²) in [6.45, 7) is 5.69. The number of rotatable bonds is 7. The average Bonchev–Trinajstić information content (AvgIpc) is 2.68. The molecular formula is C22H29N3O. The van der Waals surface area contributed by atoms with Gasteiger partial charge in [0, 0.05) is 31.4 Å². The molecule has 4 nitrogen and oxygen atoms in total. The number of benzene rings is 2. The third-order valence-corrected chi connectivity index (χ3v) is 5.09. The molecule has 1 saturated heterocycles. The first-order chi connectivity index (χ1) is 12.7. The van der Waals surface area contributed by atoms with Gasteiger partial charge < -0.3 is 10.6 Å². The lowest BCUT2D eigenvalue weighted by Crippen LogP contribution is -2.45. The molecule has 1 aliphatic heterocycles. The van der Waals surface area contributed by atoms with Gasteiger partial charge in [0.1, 0.15) is 0 Å². The quantitative estimate of drug-likeness (QED) is 0.803. The summed E-state index contributed by atoms with van der Waals surface area (Å²) in [6, 6.07) is 20.9. The van der Waals surface area contributed by atoms with Crippen molar-refractivity contribution >= 4 is 11.6 Å². The minimum Gasteiger partial charge on any atom is -0.325 e. The Labute approximate surface area is 156 Å². The number of para-hydroxylation sites is 1. The molecule has 26 heavy (non-hydrogen) atoms. The van der Waals surface area contributed by atoms with Gasteiger partial charge in [-0.2, -0.15) is 0 Å². The molecule has 0 radical (unpaired) electrons. The van der Waals surface area contributed by atoms with Crippen LogP contribution in [0.2, 0.25) is 0 Å². The van der Waals surface area contributed by atoms with Crippen LogP contribution < -0.4 is 10.6 Å². The van der Waals surface area contributed by atoms with Crippen LogP contribution in [0.3, 0.4) is 0 Å². The van der Waals surface area contributed by atoms with Crippen molar-refractivity contribution in [2.45, 2.75) is 31.7 Å². The normalized spacial score (nSPS) is 17.0. The Morgan fingerprint density at radius 3 is 2.31 bits per heavy atom. The second-order valence-corrected chi connectivity index (χ2v) is 7.18. The first kappa shape index (κ1) is 18.6. The van der Waals surface area contributed by atoms with Gasteiger partial charge in [0.15, 0.2) is 0 Å². The van der Waals surface area contributed by atoms with Gasteiger partial charge >= 0.3 is 0 Å². The molecule has 1 atom stereocenters. The van der Waals surface area contributed by atoms with Crippen LogP contribution in [0.4, 0.5) is 5.69 Å². The summed E-state index contributed by atoms with van der Waals surface area (Å²) >= 11 is 0. The van der Waals surface area contributed by atoms with Gasteiger partial charge in [-0.05, 0) is 36.5 Å². The van der Waals surface area contributed by atoms with E-state index in [1.165, 1.54) is 5.56 Å². The van der Waals surface area contributed by atoms with Crippen molar-refractivity contribution in [3.05, 3.63) is 66.2 Å². The predicted octanol–water partition coefficient (Wildman–Crippen LogP) is 3.48. The molecule has 2 aromatic carbocycles. The van der Waals surface area contributed by atoms with E-state index in [2.05, 4.69) is 52.8 Å². The Morgan fingerprint density at radius 1 is 1.04 bits per heavy atom. The smallest absolute Gasteiger partial charge is 0.238 e. The van der Waals surface area contributed by atoms with E-state index in [1.807, 2.05) is 30.3 Å². The Hall–Kier alpha value is -2.17. The highest BCUT2D eigenvalue weighted by Crippen LogP contribution is 2.16. The van der Waals surface area contributed by atoms with Gasteiger partial charge in [0.2, 0.25) is 5.91 Å². The second kappa shape index (κ2) is 9.51. The highest BCUT2D eigenvalue weighted by molar-refractivity contribution is 5.92. The Bertz CT molecular complexity index is 666. The van der Waals surface area contributed by atoms with Gasteiger partial charge in [-0.1, -0.05) is 55.5 Å². The molecule has 0 aliphatic carbocycles. The van der Waals surface area contributed by atoms with Gasteiger partial charge in [-0.15, -0.1) is 0 Å². The van der Waals surface area contributed by atoms with Crippen molar-refractivity contribution < 1.29 is 4.79 Å². The molecule has 3 rings (SSSR count). The van der Waals surface area contributed by atoms with Crippen LogP contribution in [0.15, 0.2) is 60.7 Å². The highest BCUT2D eigenvalue weighted by atomic mass is 16.2. The summed E-state index contributed by atoms with van der Waals surface area (Å²) in [7, 11) is 0. The molecule has 0 saturated carbocycles. The zero-order valence-corrected chi connectivity index (χ0v) is 15.5. The zero-order chi connectivity index (χ0) is 18.2. The maximum absolute atomic E-state index is 12.2. The molecule has 0 bridgehead atoms. The van der Waals surface area contributed by atoms with Gasteiger partial charge in [-0.25, -0.2) is 0 Å². The molecule has 2 N–H and O–H groups in total. The Kier molecular flexibility index (Phi) is 6.81. The van der Waals surface area contributed by atoms with E-state index < -0.39 is 0 Å². The molecule has 0 spiro atoms. The Balaban J connectivity index is 1.35. The molecule has 1 fully saturated rings. The number of hydrogen-bond acceptors (Lipinski definition) is 3. The van der Waals surface area contributed by atoms with Crippen LogP contribution >= 0.6 is 0 Å². The lowest BCUT2D eigenvalue weighted by molar-refractivity contribution is -0.117. The fourth-order valence-electron chi connectivity index (χ4n) is 3.46. The molecule has 1 aliphatic rings. The highest BCUT2D eigenvalue weighted by Gasteiger charge is 2.21. The van der Waals surface area contributed by atoms with E-state index in [9.17, 15) is 4.79 Å². The molecular weight excluding hydrogens is 322 g/mol. The van der Waals surface area contributed by atoms with Crippen molar-refractivity contribution in [3.8, 4) is 0 Å². The number of amides is 1. The van der Waals surface area contributed by atoms with Crippen molar-refractivity contribution in [2.24, 2.45) is 0 Å². The van der Waals surface area contributed by atoms with Gasteiger partial charge in [0.25, 0.3) is 0 Å². The zero-order valence-electron chi connectivity index (χ0n) is 15.5. The lowest BCUT2D eigenvalue weighted by atomic mass is 9.99.